The van der Waals surface area contributed by atoms with Gasteiger partial charge in [-0.25, -0.2) is 4.39 Å². The van der Waals surface area contributed by atoms with Crippen LogP contribution in [0.5, 0.6) is 0 Å². The van der Waals surface area contributed by atoms with E-state index in [0.29, 0.717) is 16.8 Å². The van der Waals surface area contributed by atoms with E-state index in [1.807, 2.05) is 34.9 Å². The Morgan fingerprint density at radius 3 is 2.68 bits per heavy atom. The zero-order valence-electron chi connectivity index (χ0n) is 15.1. The molecule has 5 nitrogen and oxygen atoms in total. The monoisotopic (exact) mass is 416 g/mol. The third-order valence-corrected chi connectivity index (χ3v) is 5.79. The minimum atomic E-state index is -0.523. The Morgan fingerprint density at radius 1 is 1.25 bits per heavy atom. The normalized spacial score (nSPS) is 14.7. The fourth-order valence-corrected chi connectivity index (χ4v) is 3.87. The van der Waals surface area contributed by atoms with Crippen LogP contribution in [0, 0.1) is 5.82 Å². The maximum Gasteiger partial charge on any atom is 0.237 e. The molecule has 1 aliphatic carbocycles. The molecule has 0 radical (unpaired) electrons. The molecule has 1 amide bonds. The number of hydrogen-bond acceptors (Lipinski definition) is 4. The standard InChI is InChI=1S/C20H18ClFN4OS/c1-12(19(27)23-14-9-10-17(22)16(21)11-14)28-20-25-24-18(13-7-8-13)26(20)15-5-3-2-4-6-15/h2-6,9-13H,7-8H2,1H3,(H,23,27)/t12-/m1/s1. The molecule has 0 unspecified atom stereocenters. The minimum Gasteiger partial charge on any atom is -0.325 e. The summed E-state index contributed by atoms with van der Waals surface area (Å²) in [6.07, 6.45) is 2.22. The molecule has 0 saturated heterocycles. The van der Waals surface area contributed by atoms with Crippen molar-refractivity contribution in [2.75, 3.05) is 5.32 Å². The van der Waals surface area contributed by atoms with Crippen LogP contribution >= 0.6 is 23.4 Å². The first-order valence-corrected chi connectivity index (χ1v) is 10.2. The summed E-state index contributed by atoms with van der Waals surface area (Å²) in [4.78, 5) is 12.6. The summed E-state index contributed by atoms with van der Waals surface area (Å²) < 4.78 is 15.3. The van der Waals surface area contributed by atoms with Crippen LogP contribution in [0.2, 0.25) is 5.02 Å². The molecule has 144 valence electrons. The van der Waals surface area contributed by atoms with E-state index in [2.05, 4.69) is 15.5 Å². The van der Waals surface area contributed by atoms with Crippen molar-refractivity contribution < 1.29 is 9.18 Å². The molecule has 0 spiro atoms. The van der Waals surface area contributed by atoms with Gasteiger partial charge in [-0.05, 0) is 50.1 Å². The first-order valence-electron chi connectivity index (χ1n) is 8.96. The lowest BCUT2D eigenvalue weighted by molar-refractivity contribution is -0.115. The molecule has 8 heteroatoms. The van der Waals surface area contributed by atoms with Crippen molar-refractivity contribution in [2.45, 2.75) is 36.1 Å². The summed E-state index contributed by atoms with van der Waals surface area (Å²) in [6, 6.07) is 14.0. The molecule has 1 heterocycles. The number of rotatable bonds is 6. The van der Waals surface area contributed by atoms with Crippen LogP contribution in [0.25, 0.3) is 5.69 Å². The number of anilines is 1. The molecular weight excluding hydrogens is 399 g/mol. The number of carbonyl (C=O) groups excluding carboxylic acids is 1. The molecule has 28 heavy (non-hydrogen) atoms. The SMILES string of the molecule is C[C@@H](Sc1nnc(C2CC2)n1-c1ccccc1)C(=O)Nc1ccc(F)c(Cl)c1. The van der Waals surface area contributed by atoms with Gasteiger partial charge in [0, 0.05) is 17.3 Å². The summed E-state index contributed by atoms with van der Waals surface area (Å²) in [5.74, 6) is 0.619. The summed E-state index contributed by atoms with van der Waals surface area (Å²) in [5.41, 5.74) is 1.43. The molecule has 0 aliphatic heterocycles. The molecule has 1 saturated carbocycles. The highest BCUT2D eigenvalue weighted by molar-refractivity contribution is 8.00. The molecule has 1 N–H and O–H groups in total. The van der Waals surface area contributed by atoms with Crippen molar-refractivity contribution in [3.63, 3.8) is 0 Å². The fraction of sp³-hybridized carbons (Fsp3) is 0.250. The lowest BCUT2D eigenvalue weighted by atomic mass is 10.3. The van der Waals surface area contributed by atoms with Crippen molar-refractivity contribution in [1.82, 2.24) is 14.8 Å². The van der Waals surface area contributed by atoms with Gasteiger partial charge in [-0.2, -0.15) is 0 Å². The molecule has 2 aromatic carbocycles. The number of nitrogens with one attached hydrogen (secondary N) is 1. The summed E-state index contributed by atoms with van der Waals surface area (Å²) >= 11 is 7.12. The molecule has 1 aromatic heterocycles. The number of aromatic nitrogens is 3. The van der Waals surface area contributed by atoms with E-state index < -0.39 is 11.1 Å². The third kappa shape index (κ3) is 4.05. The van der Waals surface area contributed by atoms with Crippen LogP contribution in [0.1, 0.15) is 31.5 Å². The lowest BCUT2D eigenvalue weighted by Gasteiger charge is -2.14. The first kappa shape index (κ1) is 19.0. The van der Waals surface area contributed by atoms with E-state index in [0.717, 1.165) is 24.4 Å². The van der Waals surface area contributed by atoms with Crippen LogP contribution < -0.4 is 5.32 Å². The van der Waals surface area contributed by atoms with Gasteiger partial charge in [-0.1, -0.05) is 41.6 Å². The predicted octanol–water partition coefficient (Wildman–Crippen LogP) is 5.06. The van der Waals surface area contributed by atoms with E-state index in [4.69, 9.17) is 11.6 Å². The smallest absolute Gasteiger partial charge is 0.237 e. The second-order valence-electron chi connectivity index (χ2n) is 6.66. The van der Waals surface area contributed by atoms with E-state index >= 15 is 0 Å². The number of thioether (sulfide) groups is 1. The van der Waals surface area contributed by atoms with Gasteiger partial charge in [0.2, 0.25) is 5.91 Å². The van der Waals surface area contributed by atoms with Gasteiger partial charge in [0.15, 0.2) is 5.16 Å². The molecular formula is C20H18ClFN4OS. The van der Waals surface area contributed by atoms with Gasteiger partial charge in [-0.3, -0.25) is 9.36 Å². The summed E-state index contributed by atoms with van der Waals surface area (Å²) in [6.45, 7) is 1.80. The van der Waals surface area contributed by atoms with Gasteiger partial charge < -0.3 is 5.32 Å². The van der Waals surface area contributed by atoms with Crippen molar-refractivity contribution >= 4 is 35.0 Å². The predicted molar refractivity (Wildman–Crippen MR) is 109 cm³/mol. The molecule has 3 aromatic rings. The van der Waals surface area contributed by atoms with E-state index in [-0.39, 0.29) is 10.9 Å². The van der Waals surface area contributed by atoms with Crippen LogP contribution in [0.4, 0.5) is 10.1 Å². The number of benzene rings is 2. The van der Waals surface area contributed by atoms with Crippen molar-refractivity contribution in [3.05, 3.63) is 65.2 Å². The van der Waals surface area contributed by atoms with Crippen LogP contribution in [-0.4, -0.2) is 25.9 Å². The topological polar surface area (TPSA) is 59.8 Å². The second kappa shape index (κ2) is 7.93. The average Bonchev–Trinajstić information content (AvgIpc) is 3.46. The highest BCUT2D eigenvalue weighted by atomic mass is 35.5. The first-order chi connectivity index (χ1) is 13.5. The third-order valence-electron chi connectivity index (χ3n) is 4.45. The van der Waals surface area contributed by atoms with Gasteiger partial charge in [0.1, 0.15) is 11.6 Å². The molecule has 4 rings (SSSR count). The van der Waals surface area contributed by atoms with E-state index in [1.165, 1.54) is 30.0 Å². The van der Waals surface area contributed by atoms with Gasteiger partial charge >= 0.3 is 0 Å². The quantitative estimate of drug-likeness (QED) is 0.571. The Bertz CT molecular complexity index is 1010. The van der Waals surface area contributed by atoms with Crippen LogP contribution in [0.15, 0.2) is 53.7 Å². The Labute approximate surface area is 171 Å². The van der Waals surface area contributed by atoms with E-state index in [1.54, 1.807) is 6.92 Å². The molecule has 1 fully saturated rings. The molecule has 0 bridgehead atoms. The van der Waals surface area contributed by atoms with Gasteiger partial charge in [0.25, 0.3) is 0 Å². The van der Waals surface area contributed by atoms with E-state index in [9.17, 15) is 9.18 Å². The average molecular weight is 417 g/mol. The Kier molecular flexibility index (Phi) is 5.37. The molecule has 1 atom stereocenters. The number of nitrogens with zero attached hydrogens (tertiary/aromatic N) is 3. The summed E-state index contributed by atoms with van der Waals surface area (Å²) in [5, 5.41) is 11.7. The number of amides is 1. The lowest BCUT2D eigenvalue weighted by Crippen LogP contribution is -2.23. The fourth-order valence-electron chi connectivity index (χ4n) is 2.81. The van der Waals surface area contributed by atoms with Gasteiger partial charge in [0.05, 0.1) is 10.3 Å². The Hall–Kier alpha value is -2.38. The summed E-state index contributed by atoms with van der Waals surface area (Å²) in [7, 11) is 0. The zero-order valence-corrected chi connectivity index (χ0v) is 16.7. The number of halogens is 2. The maximum atomic E-state index is 13.3. The Morgan fingerprint density at radius 2 is 2.00 bits per heavy atom. The second-order valence-corrected chi connectivity index (χ2v) is 8.38. The van der Waals surface area contributed by atoms with Crippen LogP contribution in [-0.2, 0) is 4.79 Å². The maximum absolute atomic E-state index is 13.3. The number of carbonyl (C=O) groups is 1. The van der Waals surface area contributed by atoms with Gasteiger partial charge in [-0.15, -0.1) is 10.2 Å². The number of hydrogen-bond donors (Lipinski definition) is 1. The number of para-hydroxylation sites is 1. The molecule has 1 aliphatic rings. The highest BCUT2D eigenvalue weighted by Gasteiger charge is 2.31. The zero-order chi connectivity index (χ0) is 19.7. The Balaban J connectivity index is 1.53. The minimum absolute atomic E-state index is 0.0315. The van der Waals surface area contributed by atoms with Crippen molar-refractivity contribution in [3.8, 4) is 5.69 Å². The highest BCUT2D eigenvalue weighted by Crippen LogP contribution is 2.41. The van der Waals surface area contributed by atoms with Crippen molar-refractivity contribution in [2.24, 2.45) is 0 Å². The largest absolute Gasteiger partial charge is 0.325 e. The van der Waals surface area contributed by atoms with Crippen LogP contribution in [0.3, 0.4) is 0 Å². The van der Waals surface area contributed by atoms with Crippen molar-refractivity contribution in [1.29, 1.82) is 0 Å².